The highest BCUT2D eigenvalue weighted by Crippen LogP contribution is 2.44. The van der Waals surface area contributed by atoms with Crippen molar-refractivity contribution < 1.29 is 4.42 Å². The summed E-state index contributed by atoms with van der Waals surface area (Å²) in [7, 11) is 2.17. The van der Waals surface area contributed by atoms with E-state index >= 15 is 0 Å². The molecule has 0 fully saturated rings. The summed E-state index contributed by atoms with van der Waals surface area (Å²) in [5.74, 6) is 0. The molecule has 0 amide bonds. The van der Waals surface area contributed by atoms with Crippen LogP contribution >= 0.6 is 0 Å². The van der Waals surface area contributed by atoms with Gasteiger partial charge in [-0.1, -0.05) is 127 Å². The van der Waals surface area contributed by atoms with Crippen molar-refractivity contribution in [3.05, 3.63) is 173 Å². The number of furan rings is 1. The monoisotopic (exact) mass is 737 g/mol. The quantitative estimate of drug-likeness (QED) is 0.147. The van der Waals surface area contributed by atoms with Gasteiger partial charge in [0.2, 0.25) is 0 Å². The minimum absolute atomic E-state index is 0.0397. The first kappa shape index (κ1) is 38.3. The van der Waals surface area contributed by atoms with Gasteiger partial charge in [0.05, 0.1) is 11.4 Å². The van der Waals surface area contributed by atoms with Gasteiger partial charge in [-0.25, -0.2) is 0 Å². The van der Waals surface area contributed by atoms with E-state index in [2.05, 4.69) is 229 Å². The fourth-order valence-electron chi connectivity index (χ4n) is 7.43. The molecule has 7 rings (SSSR count). The Morgan fingerprint density at radius 3 is 1.38 bits per heavy atom. The van der Waals surface area contributed by atoms with Crippen LogP contribution in [0.3, 0.4) is 0 Å². The molecule has 0 bridgehead atoms. The topological polar surface area (TPSA) is 22.9 Å². The Labute approximate surface area is 333 Å². The van der Waals surface area contributed by atoms with Gasteiger partial charge in [-0.3, -0.25) is 0 Å². The molecule has 0 aliphatic heterocycles. The van der Waals surface area contributed by atoms with Crippen LogP contribution in [0.1, 0.15) is 72.9 Å². The molecule has 4 nitrogen and oxygen atoms in total. The van der Waals surface area contributed by atoms with Crippen LogP contribution in [0.5, 0.6) is 0 Å². The molecule has 56 heavy (non-hydrogen) atoms. The molecule has 1 aromatic heterocycles. The minimum atomic E-state index is 0.0397. The van der Waals surface area contributed by atoms with E-state index in [-0.39, 0.29) is 10.8 Å². The Hall–Kier alpha value is -6.00. The number of hydrogen-bond acceptors (Lipinski definition) is 4. The Balaban J connectivity index is 1.52. The summed E-state index contributed by atoms with van der Waals surface area (Å²) >= 11 is 0. The van der Waals surface area contributed by atoms with Gasteiger partial charge >= 0.3 is 0 Å². The van der Waals surface area contributed by atoms with E-state index < -0.39 is 0 Å². The molecule has 7 aromatic rings. The van der Waals surface area contributed by atoms with Gasteiger partial charge in [-0.2, -0.15) is 0 Å². The summed E-state index contributed by atoms with van der Waals surface area (Å²) in [5, 5.41) is 2.23. The molecule has 0 atom stereocenters. The fraction of sp³-hybridized carbons (Fsp3) is 0.231. The van der Waals surface area contributed by atoms with Crippen LogP contribution in [0.25, 0.3) is 22.7 Å². The summed E-state index contributed by atoms with van der Waals surface area (Å²) in [6.07, 6.45) is 3.06. The number of hydrogen-bond donors (Lipinski definition) is 0. The standard InChI is InChI=1S/C52H55N3O/c1-10-19-49-50(47-24-17-18-25-48(47)56-49)37(2)53(9)44-34-45(54(40-20-13-11-14-21-40)41-22-15-12-16-23-41)36-46(35-44)55(42-30-26-38(27-31-42)51(3,4)5)43-32-28-39(29-33-43)52(6,7)8/h11-36H,10H2,1-9H3/b49-19+,50-37+. The summed E-state index contributed by atoms with van der Waals surface area (Å²) in [6, 6.07) is 54.8. The second-order valence-corrected chi connectivity index (χ2v) is 16.7. The van der Waals surface area contributed by atoms with Crippen molar-refractivity contribution in [2.45, 2.75) is 72.6 Å². The van der Waals surface area contributed by atoms with E-state index in [0.29, 0.717) is 0 Å². The average Bonchev–Trinajstić information content (AvgIpc) is 3.56. The zero-order valence-electron chi connectivity index (χ0n) is 34.5. The average molecular weight is 738 g/mol. The lowest BCUT2D eigenvalue weighted by Crippen LogP contribution is -2.30. The number of nitrogens with zero attached hydrogens (tertiary/aromatic N) is 3. The Bertz CT molecular complexity index is 2440. The largest absolute Gasteiger partial charge is 0.456 e. The van der Waals surface area contributed by atoms with Crippen LogP contribution in [0.15, 0.2) is 156 Å². The highest BCUT2D eigenvalue weighted by atomic mass is 16.3. The second-order valence-electron chi connectivity index (χ2n) is 16.7. The zero-order valence-corrected chi connectivity index (χ0v) is 34.5. The predicted molar refractivity (Wildman–Crippen MR) is 241 cm³/mol. The lowest BCUT2D eigenvalue weighted by molar-refractivity contribution is 0.573. The SMILES string of the molecule is CC/C=c1/oc2ccccc2/c1=C(/C)N(C)c1cc(N(c2ccccc2)c2ccccc2)cc(N(c2ccc(C(C)(C)C)cc2)c2ccc(C(C)(C)C)cc2)c1. The maximum Gasteiger partial charge on any atom is 0.135 e. The molecule has 4 heteroatoms. The molecular formula is C52H55N3O. The summed E-state index contributed by atoms with van der Waals surface area (Å²) in [5.41, 5.74) is 13.1. The number of fused-ring (bicyclic) bond motifs is 1. The van der Waals surface area contributed by atoms with Crippen molar-refractivity contribution in [3.63, 3.8) is 0 Å². The lowest BCUT2D eigenvalue weighted by Gasteiger charge is -2.32. The van der Waals surface area contributed by atoms with Crippen LogP contribution in [0.4, 0.5) is 39.8 Å². The van der Waals surface area contributed by atoms with E-state index in [1.165, 1.54) is 11.1 Å². The molecule has 0 saturated carbocycles. The summed E-state index contributed by atoms with van der Waals surface area (Å²) in [6.45, 7) is 18.0. The van der Waals surface area contributed by atoms with Gasteiger partial charge in [0.1, 0.15) is 11.0 Å². The summed E-state index contributed by atoms with van der Waals surface area (Å²) < 4.78 is 6.45. The van der Waals surface area contributed by atoms with Gasteiger partial charge in [0, 0.05) is 51.8 Å². The molecule has 1 heterocycles. The van der Waals surface area contributed by atoms with Crippen LogP contribution < -0.4 is 25.3 Å². The van der Waals surface area contributed by atoms with E-state index in [0.717, 1.165) is 73.5 Å². The van der Waals surface area contributed by atoms with Crippen molar-refractivity contribution >= 4 is 62.6 Å². The first-order valence-electron chi connectivity index (χ1n) is 19.8. The molecule has 0 spiro atoms. The molecule has 0 unspecified atom stereocenters. The van der Waals surface area contributed by atoms with Crippen molar-refractivity contribution in [2.75, 3.05) is 21.7 Å². The Morgan fingerprint density at radius 1 is 0.518 bits per heavy atom. The third-order valence-electron chi connectivity index (χ3n) is 10.7. The van der Waals surface area contributed by atoms with Gasteiger partial charge in [-0.15, -0.1) is 0 Å². The molecule has 0 radical (unpaired) electrons. The smallest absolute Gasteiger partial charge is 0.135 e. The van der Waals surface area contributed by atoms with Crippen molar-refractivity contribution in [2.24, 2.45) is 0 Å². The first-order chi connectivity index (χ1) is 26.8. The third-order valence-corrected chi connectivity index (χ3v) is 10.7. The normalized spacial score (nSPS) is 12.8. The van der Waals surface area contributed by atoms with Crippen LogP contribution in [-0.2, 0) is 10.8 Å². The number of rotatable bonds is 9. The summed E-state index contributed by atoms with van der Waals surface area (Å²) in [4.78, 5) is 7.06. The minimum Gasteiger partial charge on any atom is -0.456 e. The zero-order chi connectivity index (χ0) is 39.6. The van der Waals surface area contributed by atoms with Gasteiger partial charge in [-0.05, 0) is 114 Å². The van der Waals surface area contributed by atoms with Gasteiger partial charge in [0.15, 0.2) is 0 Å². The molecule has 284 valence electrons. The van der Waals surface area contributed by atoms with Crippen LogP contribution in [0.2, 0.25) is 0 Å². The van der Waals surface area contributed by atoms with E-state index in [1.54, 1.807) is 0 Å². The Kier molecular flexibility index (Phi) is 10.7. The van der Waals surface area contributed by atoms with Crippen molar-refractivity contribution in [1.82, 2.24) is 0 Å². The van der Waals surface area contributed by atoms with Crippen molar-refractivity contribution in [3.8, 4) is 0 Å². The molecule has 0 aliphatic carbocycles. The van der Waals surface area contributed by atoms with Crippen molar-refractivity contribution in [1.29, 1.82) is 0 Å². The molecule has 6 aromatic carbocycles. The van der Waals surface area contributed by atoms with E-state index in [1.807, 2.05) is 6.07 Å². The maximum absolute atomic E-state index is 6.45. The lowest BCUT2D eigenvalue weighted by atomic mass is 9.86. The van der Waals surface area contributed by atoms with Crippen LogP contribution in [0, 0.1) is 0 Å². The van der Waals surface area contributed by atoms with Gasteiger partial charge in [0.25, 0.3) is 0 Å². The first-order valence-corrected chi connectivity index (χ1v) is 19.8. The van der Waals surface area contributed by atoms with E-state index in [4.69, 9.17) is 4.42 Å². The number of benzene rings is 6. The highest BCUT2D eigenvalue weighted by Gasteiger charge is 2.23. The predicted octanol–water partition coefficient (Wildman–Crippen LogP) is 13.4. The van der Waals surface area contributed by atoms with E-state index in [9.17, 15) is 0 Å². The van der Waals surface area contributed by atoms with Crippen LogP contribution in [-0.4, -0.2) is 7.05 Å². The fourth-order valence-corrected chi connectivity index (χ4v) is 7.43. The number of anilines is 7. The molecule has 0 N–H and O–H groups in total. The molecule has 0 saturated heterocycles. The second kappa shape index (κ2) is 15.6. The maximum atomic E-state index is 6.45. The number of para-hydroxylation sites is 3. The Morgan fingerprint density at radius 2 is 0.929 bits per heavy atom. The molecule has 0 aliphatic rings. The van der Waals surface area contributed by atoms with Gasteiger partial charge < -0.3 is 19.1 Å². The molecular weight excluding hydrogens is 683 g/mol. The highest BCUT2D eigenvalue weighted by molar-refractivity contribution is 5.89. The third kappa shape index (κ3) is 7.88.